The SMILES string of the molecule is Nc1cc(-[n+]2ccc(-c3cc[n+](-c4cc(N)[n+]([O-])c(N)n4)cc3)cc2)nc(N)[n+]1[O-]. The lowest BCUT2D eigenvalue weighted by atomic mass is 10.1. The van der Waals surface area contributed by atoms with Crippen LogP contribution in [0.2, 0.25) is 0 Å². The third kappa shape index (κ3) is 3.28. The fourth-order valence-electron chi connectivity index (χ4n) is 2.84. The summed E-state index contributed by atoms with van der Waals surface area (Å²) in [7, 11) is 0. The van der Waals surface area contributed by atoms with Crippen LogP contribution in [0.1, 0.15) is 0 Å². The molecular formula is C18H18N10O2+2. The maximum absolute atomic E-state index is 11.5. The van der Waals surface area contributed by atoms with Crippen molar-refractivity contribution in [3.05, 3.63) is 71.6 Å². The van der Waals surface area contributed by atoms with Gasteiger partial charge in [0.05, 0.1) is 36.9 Å². The molecule has 150 valence electrons. The van der Waals surface area contributed by atoms with Crippen molar-refractivity contribution in [3.63, 3.8) is 0 Å². The summed E-state index contributed by atoms with van der Waals surface area (Å²) in [5.41, 5.74) is 24.3. The Labute approximate surface area is 170 Å². The summed E-state index contributed by atoms with van der Waals surface area (Å²) in [6.07, 6.45) is 7.11. The van der Waals surface area contributed by atoms with Gasteiger partial charge in [0, 0.05) is 0 Å². The lowest BCUT2D eigenvalue weighted by molar-refractivity contribution is -0.608. The third-order valence-corrected chi connectivity index (χ3v) is 4.42. The van der Waals surface area contributed by atoms with E-state index in [-0.39, 0.29) is 23.5 Å². The van der Waals surface area contributed by atoms with Gasteiger partial charge in [-0.05, 0) is 35.4 Å². The summed E-state index contributed by atoms with van der Waals surface area (Å²) in [5, 5.41) is 23.1. The van der Waals surface area contributed by atoms with E-state index in [1.54, 1.807) is 33.9 Å². The zero-order valence-corrected chi connectivity index (χ0v) is 15.6. The number of pyridine rings is 2. The number of nitrogens with zero attached hydrogens (tertiary/aromatic N) is 6. The van der Waals surface area contributed by atoms with E-state index in [2.05, 4.69) is 9.97 Å². The molecule has 4 rings (SSSR count). The fourth-order valence-corrected chi connectivity index (χ4v) is 2.84. The van der Waals surface area contributed by atoms with Crippen LogP contribution in [0.25, 0.3) is 22.8 Å². The van der Waals surface area contributed by atoms with E-state index in [9.17, 15) is 10.4 Å². The number of hydrogen-bond donors (Lipinski definition) is 4. The molecule has 12 heteroatoms. The summed E-state index contributed by atoms with van der Waals surface area (Å²) in [5.74, 6) is 0.311. The standard InChI is InChI=1S/C18H18N10O2/c19-13-9-15(23-17(21)27(13)29)25-5-1-11(2-6-25)12-3-7-26(8-4-12)16-10-14(20)28(30)18(22)24-16/h1-10H,19-20H2,(H2,21,23)(H2,22,24)/q+2. The second kappa shape index (κ2) is 7.01. The van der Waals surface area contributed by atoms with Gasteiger partial charge in [-0.2, -0.15) is 0 Å². The van der Waals surface area contributed by atoms with Crippen LogP contribution >= 0.6 is 0 Å². The van der Waals surface area contributed by atoms with Gasteiger partial charge in [-0.1, -0.05) is 9.97 Å². The summed E-state index contributed by atoms with van der Waals surface area (Å²) in [4.78, 5) is 8.06. The minimum absolute atomic E-state index is 0.0417. The van der Waals surface area contributed by atoms with Gasteiger partial charge < -0.3 is 33.3 Å². The lowest BCUT2D eigenvalue weighted by Gasteiger charge is -2.10. The molecule has 0 spiro atoms. The van der Waals surface area contributed by atoms with Crippen molar-refractivity contribution >= 4 is 23.5 Å². The van der Waals surface area contributed by atoms with Crippen LogP contribution in [0.5, 0.6) is 0 Å². The molecule has 4 aromatic rings. The zero-order valence-electron chi connectivity index (χ0n) is 15.6. The number of nitrogen functional groups attached to an aromatic ring is 4. The van der Waals surface area contributed by atoms with Gasteiger partial charge in [-0.3, -0.25) is 0 Å². The number of rotatable bonds is 3. The average Bonchev–Trinajstić information content (AvgIpc) is 2.75. The first-order valence-electron chi connectivity index (χ1n) is 8.68. The minimum Gasteiger partial charge on any atom is -0.754 e. The Morgan fingerprint density at radius 3 is 1.23 bits per heavy atom. The van der Waals surface area contributed by atoms with Crippen molar-refractivity contribution in [2.75, 3.05) is 22.9 Å². The Morgan fingerprint density at radius 2 is 0.933 bits per heavy atom. The molecule has 8 N–H and O–H groups in total. The van der Waals surface area contributed by atoms with Crippen LogP contribution < -0.4 is 41.5 Å². The molecule has 0 aromatic carbocycles. The molecule has 4 aromatic heterocycles. The van der Waals surface area contributed by atoms with Crippen molar-refractivity contribution < 1.29 is 18.6 Å². The molecule has 30 heavy (non-hydrogen) atoms. The molecule has 0 radical (unpaired) electrons. The van der Waals surface area contributed by atoms with Crippen LogP contribution in [0, 0.1) is 10.4 Å². The quantitative estimate of drug-likeness (QED) is 0.228. The highest BCUT2D eigenvalue weighted by molar-refractivity contribution is 5.61. The number of aromatic nitrogens is 6. The smallest absolute Gasteiger partial charge is 0.348 e. The van der Waals surface area contributed by atoms with Gasteiger partial charge in [0.25, 0.3) is 11.6 Å². The maximum Gasteiger partial charge on any atom is 0.348 e. The molecule has 0 saturated carbocycles. The number of nitrogens with two attached hydrogens (primary N) is 4. The highest BCUT2D eigenvalue weighted by atomic mass is 16.5. The van der Waals surface area contributed by atoms with Crippen molar-refractivity contribution in [1.29, 1.82) is 0 Å². The third-order valence-electron chi connectivity index (χ3n) is 4.42. The van der Waals surface area contributed by atoms with Gasteiger partial charge in [0.2, 0.25) is 0 Å². The second-order valence-electron chi connectivity index (χ2n) is 6.37. The van der Waals surface area contributed by atoms with Crippen LogP contribution in [0.15, 0.2) is 61.2 Å². The summed E-state index contributed by atoms with van der Waals surface area (Å²) in [6, 6.07) is 10.4. The van der Waals surface area contributed by atoms with Crippen molar-refractivity contribution in [2.24, 2.45) is 0 Å². The summed E-state index contributed by atoms with van der Waals surface area (Å²) < 4.78 is 4.10. The van der Waals surface area contributed by atoms with Crippen molar-refractivity contribution in [3.8, 4) is 22.8 Å². The van der Waals surface area contributed by atoms with Gasteiger partial charge in [-0.15, -0.1) is 0 Å². The van der Waals surface area contributed by atoms with E-state index in [1.165, 1.54) is 12.1 Å². The van der Waals surface area contributed by atoms with Crippen molar-refractivity contribution in [2.45, 2.75) is 0 Å². The normalized spacial score (nSPS) is 10.8. The molecule has 0 fully saturated rings. The van der Waals surface area contributed by atoms with E-state index in [0.717, 1.165) is 11.1 Å². The monoisotopic (exact) mass is 406 g/mol. The molecule has 0 aliphatic heterocycles. The number of hydrogen-bond acceptors (Lipinski definition) is 8. The Kier molecular flexibility index (Phi) is 4.35. The highest BCUT2D eigenvalue weighted by Crippen LogP contribution is 2.16. The van der Waals surface area contributed by atoms with Gasteiger partial charge in [-0.25, -0.2) is 18.6 Å². The number of anilines is 4. The van der Waals surface area contributed by atoms with E-state index in [1.807, 2.05) is 24.3 Å². The molecule has 0 saturated heterocycles. The van der Waals surface area contributed by atoms with Gasteiger partial charge in [0.15, 0.2) is 11.6 Å². The van der Waals surface area contributed by atoms with E-state index in [4.69, 9.17) is 22.9 Å². The van der Waals surface area contributed by atoms with Crippen LogP contribution in [-0.2, 0) is 0 Å². The Hall–Kier alpha value is -4.74. The molecule has 0 amide bonds. The van der Waals surface area contributed by atoms with E-state index >= 15 is 0 Å². The molecular weight excluding hydrogens is 388 g/mol. The first kappa shape index (κ1) is 18.6. The molecule has 0 atom stereocenters. The summed E-state index contributed by atoms with van der Waals surface area (Å²) in [6.45, 7) is 0. The van der Waals surface area contributed by atoms with Crippen LogP contribution in [0.3, 0.4) is 0 Å². The van der Waals surface area contributed by atoms with Gasteiger partial charge >= 0.3 is 11.9 Å². The predicted molar refractivity (Wildman–Crippen MR) is 106 cm³/mol. The Morgan fingerprint density at radius 1 is 0.600 bits per heavy atom. The predicted octanol–water partition coefficient (Wildman–Crippen LogP) is -1.71. The molecule has 0 aliphatic rings. The molecule has 12 nitrogen and oxygen atoms in total. The van der Waals surface area contributed by atoms with Crippen LogP contribution in [0.4, 0.5) is 23.5 Å². The zero-order chi connectivity index (χ0) is 21.4. The Bertz CT molecular complexity index is 1100. The lowest BCUT2D eigenvalue weighted by Crippen LogP contribution is -2.39. The second-order valence-corrected chi connectivity index (χ2v) is 6.37. The molecule has 0 bridgehead atoms. The van der Waals surface area contributed by atoms with E-state index < -0.39 is 0 Å². The average molecular weight is 406 g/mol. The Balaban J connectivity index is 1.61. The highest BCUT2D eigenvalue weighted by Gasteiger charge is 2.14. The van der Waals surface area contributed by atoms with Crippen molar-refractivity contribution in [1.82, 2.24) is 9.97 Å². The summed E-state index contributed by atoms with van der Waals surface area (Å²) >= 11 is 0. The molecule has 4 heterocycles. The molecule has 0 aliphatic carbocycles. The first-order chi connectivity index (χ1) is 14.3. The minimum atomic E-state index is -0.229. The largest absolute Gasteiger partial charge is 0.754 e. The maximum atomic E-state index is 11.5. The topological polar surface area (TPSA) is 192 Å². The fraction of sp³-hybridized carbons (Fsp3) is 0. The first-order valence-corrected chi connectivity index (χ1v) is 8.68. The van der Waals surface area contributed by atoms with E-state index in [0.29, 0.717) is 21.1 Å². The van der Waals surface area contributed by atoms with Gasteiger partial charge in [0.1, 0.15) is 0 Å². The molecule has 0 unspecified atom stereocenters. The van der Waals surface area contributed by atoms with Crippen LogP contribution in [-0.4, -0.2) is 9.97 Å².